The summed E-state index contributed by atoms with van der Waals surface area (Å²) in [4.78, 5) is 12.1. The molecule has 5 heteroatoms. The molecular weight excluding hydrogens is 175 g/mol. The Balaban J connectivity index is -0.000000245. The molecule has 0 unspecified atom stereocenters. The van der Waals surface area contributed by atoms with Crippen LogP contribution in [-0.4, -0.2) is 31.4 Å². The maximum Gasteiger partial charge on any atom is 0.223 e. The van der Waals surface area contributed by atoms with Crippen LogP contribution < -0.4 is 5.73 Å². The average molecular weight is 189 g/mol. The monoisotopic (exact) mass is 188 g/mol. The fourth-order valence-corrected chi connectivity index (χ4v) is 0.347. The van der Waals surface area contributed by atoms with Crippen molar-refractivity contribution in [2.45, 2.75) is 6.42 Å². The Morgan fingerprint density at radius 2 is 1.80 bits per heavy atom. The summed E-state index contributed by atoms with van der Waals surface area (Å²) in [5.74, 6) is 0.0903. The first kappa shape index (κ1) is 16.5. The van der Waals surface area contributed by atoms with Gasteiger partial charge in [0.2, 0.25) is 5.91 Å². The zero-order chi connectivity index (χ0) is 6.57. The molecule has 0 aromatic carbocycles. The third kappa shape index (κ3) is 8.01. The third-order valence-corrected chi connectivity index (χ3v) is 0.857. The van der Waals surface area contributed by atoms with Crippen molar-refractivity contribution in [3.8, 4) is 0 Å². The molecule has 3 nitrogen and oxygen atoms in total. The topological polar surface area (TPSA) is 46.3 Å². The Hall–Kier alpha value is 0.01000. The number of carbonyl (C=O) groups is 1. The van der Waals surface area contributed by atoms with Crippen molar-refractivity contribution in [3.63, 3.8) is 0 Å². The van der Waals surface area contributed by atoms with Gasteiger partial charge in [0.05, 0.1) is 0 Å². The van der Waals surface area contributed by atoms with Gasteiger partial charge in [0, 0.05) is 27.1 Å². The van der Waals surface area contributed by atoms with Crippen molar-refractivity contribution in [2.75, 3.05) is 20.6 Å². The molecule has 0 saturated heterocycles. The van der Waals surface area contributed by atoms with Crippen molar-refractivity contribution in [2.24, 2.45) is 5.73 Å². The first-order chi connectivity index (χ1) is 3.68. The van der Waals surface area contributed by atoms with Crippen molar-refractivity contribution in [1.82, 2.24) is 4.90 Å². The second-order valence-electron chi connectivity index (χ2n) is 1.83. The zero-order valence-electron chi connectivity index (χ0n) is 6.16. The highest BCUT2D eigenvalue weighted by Crippen LogP contribution is 1.81. The highest BCUT2D eigenvalue weighted by atomic mass is 35.5. The molecule has 0 aliphatic heterocycles. The van der Waals surface area contributed by atoms with E-state index in [-0.39, 0.29) is 30.7 Å². The van der Waals surface area contributed by atoms with Gasteiger partial charge in [0.25, 0.3) is 0 Å². The van der Waals surface area contributed by atoms with Gasteiger partial charge in [-0.3, -0.25) is 4.79 Å². The number of rotatable bonds is 2. The first-order valence-electron chi connectivity index (χ1n) is 2.58. The SMILES string of the molecule is CN(C)C(=O)CCN.Cl.Cl. The van der Waals surface area contributed by atoms with Crippen LogP contribution in [0.5, 0.6) is 0 Å². The molecular formula is C5H14Cl2N2O. The Bertz CT molecular complexity index is 87.7. The molecule has 0 atom stereocenters. The van der Waals surface area contributed by atoms with Crippen LogP contribution in [0.25, 0.3) is 0 Å². The molecule has 0 aliphatic carbocycles. The second-order valence-corrected chi connectivity index (χ2v) is 1.83. The lowest BCUT2D eigenvalue weighted by Crippen LogP contribution is -2.23. The summed E-state index contributed by atoms with van der Waals surface area (Å²) < 4.78 is 0. The minimum atomic E-state index is 0. The Morgan fingerprint density at radius 3 is 1.90 bits per heavy atom. The molecule has 64 valence electrons. The molecule has 0 radical (unpaired) electrons. The second kappa shape index (κ2) is 9.01. The summed E-state index contributed by atoms with van der Waals surface area (Å²) >= 11 is 0. The smallest absolute Gasteiger partial charge is 0.223 e. The van der Waals surface area contributed by atoms with E-state index >= 15 is 0 Å². The summed E-state index contributed by atoms with van der Waals surface area (Å²) in [6.45, 7) is 0.441. The number of hydrogen-bond donors (Lipinski definition) is 1. The molecule has 0 aliphatic rings. The maximum atomic E-state index is 10.6. The standard InChI is InChI=1S/C5H12N2O.2ClH/c1-7(2)5(8)3-4-6;;/h3-4,6H2,1-2H3;2*1H. The molecule has 0 aromatic heterocycles. The number of nitrogens with zero attached hydrogens (tertiary/aromatic N) is 1. The number of amides is 1. The maximum absolute atomic E-state index is 10.6. The van der Waals surface area contributed by atoms with Crippen LogP contribution >= 0.6 is 24.8 Å². The highest BCUT2D eigenvalue weighted by molar-refractivity contribution is 5.85. The summed E-state index contributed by atoms with van der Waals surface area (Å²) in [5.41, 5.74) is 5.12. The Labute approximate surface area is 73.8 Å². The molecule has 0 rings (SSSR count). The van der Waals surface area contributed by atoms with Crippen molar-refractivity contribution in [1.29, 1.82) is 0 Å². The zero-order valence-corrected chi connectivity index (χ0v) is 7.80. The predicted octanol–water partition coefficient (Wildman–Crippen LogP) is 0.267. The van der Waals surface area contributed by atoms with E-state index < -0.39 is 0 Å². The van der Waals surface area contributed by atoms with E-state index in [1.165, 1.54) is 4.90 Å². The molecule has 10 heavy (non-hydrogen) atoms. The van der Waals surface area contributed by atoms with E-state index in [1.54, 1.807) is 14.1 Å². The van der Waals surface area contributed by atoms with E-state index in [1.807, 2.05) is 0 Å². The van der Waals surface area contributed by atoms with Gasteiger partial charge in [-0.25, -0.2) is 0 Å². The highest BCUT2D eigenvalue weighted by Gasteiger charge is 1.98. The molecule has 0 heterocycles. The minimum Gasteiger partial charge on any atom is -0.349 e. The Kier molecular flexibility index (Phi) is 14.9. The first-order valence-corrected chi connectivity index (χ1v) is 2.58. The lowest BCUT2D eigenvalue weighted by molar-refractivity contribution is -0.128. The summed E-state index contributed by atoms with van der Waals surface area (Å²) in [7, 11) is 3.44. The molecule has 0 spiro atoms. The van der Waals surface area contributed by atoms with E-state index in [0.29, 0.717) is 13.0 Å². The van der Waals surface area contributed by atoms with E-state index in [9.17, 15) is 4.79 Å². The van der Waals surface area contributed by atoms with Crippen LogP contribution in [0.1, 0.15) is 6.42 Å². The van der Waals surface area contributed by atoms with Gasteiger partial charge in [0.1, 0.15) is 0 Å². The van der Waals surface area contributed by atoms with Crippen molar-refractivity contribution >= 4 is 30.7 Å². The number of halogens is 2. The lowest BCUT2D eigenvalue weighted by Gasteiger charge is -2.07. The number of nitrogens with two attached hydrogens (primary N) is 1. The summed E-state index contributed by atoms with van der Waals surface area (Å²) in [5, 5.41) is 0. The lowest BCUT2D eigenvalue weighted by atomic mass is 10.4. The van der Waals surface area contributed by atoms with E-state index in [2.05, 4.69) is 0 Å². The minimum absolute atomic E-state index is 0. The predicted molar refractivity (Wildman–Crippen MR) is 46.9 cm³/mol. The molecule has 2 N–H and O–H groups in total. The van der Waals surface area contributed by atoms with Gasteiger partial charge in [-0.05, 0) is 0 Å². The molecule has 0 saturated carbocycles. The van der Waals surface area contributed by atoms with Crippen LogP contribution in [0.3, 0.4) is 0 Å². The van der Waals surface area contributed by atoms with Crippen molar-refractivity contribution < 1.29 is 4.79 Å². The van der Waals surface area contributed by atoms with Crippen LogP contribution in [0.4, 0.5) is 0 Å². The quantitative estimate of drug-likeness (QED) is 0.677. The number of hydrogen-bond acceptors (Lipinski definition) is 2. The number of carbonyl (C=O) groups excluding carboxylic acids is 1. The summed E-state index contributed by atoms with van der Waals surface area (Å²) in [6, 6.07) is 0. The van der Waals surface area contributed by atoms with Gasteiger partial charge in [-0.15, -0.1) is 24.8 Å². The largest absolute Gasteiger partial charge is 0.349 e. The molecule has 0 aromatic rings. The molecule has 0 bridgehead atoms. The third-order valence-electron chi connectivity index (χ3n) is 0.857. The molecule has 0 fully saturated rings. The van der Waals surface area contributed by atoms with Gasteiger partial charge in [0.15, 0.2) is 0 Å². The van der Waals surface area contributed by atoms with E-state index in [0.717, 1.165) is 0 Å². The van der Waals surface area contributed by atoms with Crippen LogP contribution in [0, 0.1) is 0 Å². The Morgan fingerprint density at radius 1 is 1.40 bits per heavy atom. The fraction of sp³-hybridized carbons (Fsp3) is 0.800. The molecule has 1 amide bonds. The normalized spacial score (nSPS) is 7.10. The average Bonchev–Trinajstić information content (AvgIpc) is 1.67. The fourth-order valence-electron chi connectivity index (χ4n) is 0.347. The van der Waals surface area contributed by atoms with E-state index in [4.69, 9.17) is 5.73 Å². The van der Waals surface area contributed by atoms with Crippen molar-refractivity contribution in [3.05, 3.63) is 0 Å². The summed E-state index contributed by atoms with van der Waals surface area (Å²) in [6.07, 6.45) is 0.451. The van der Waals surface area contributed by atoms with Gasteiger partial charge in [-0.2, -0.15) is 0 Å². The van der Waals surface area contributed by atoms with Gasteiger partial charge in [-0.1, -0.05) is 0 Å². The van der Waals surface area contributed by atoms with Crippen LogP contribution in [0.2, 0.25) is 0 Å². The van der Waals surface area contributed by atoms with Crippen LogP contribution in [0.15, 0.2) is 0 Å². The van der Waals surface area contributed by atoms with Gasteiger partial charge < -0.3 is 10.6 Å². The van der Waals surface area contributed by atoms with Gasteiger partial charge >= 0.3 is 0 Å². The van der Waals surface area contributed by atoms with Crippen LogP contribution in [-0.2, 0) is 4.79 Å².